The van der Waals surface area contributed by atoms with Gasteiger partial charge in [0.1, 0.15) is 0 Å². The van der Waals surface area contributed by atoms with Crippen LogP contribution in [-0.4, -0.2) is 52.4 Å². The van der Waals surface area contributed by atoms with Gasteiger partial charge in [0, 0.05) is 18.0 Å². The number of amides is 1. The summed E-state index contributed by atoms with van der Waals surface area (Å²) in [5.41, 5.74) is 2.26. The van der Waals surface area contributed by atoms with Gasteiger partial charge in [0.2, 0.25) is 16.2 Å². The molecule has 4 aromatic heterocycles. The first-order valence-electron chi connectivity index (χ1n) is 8.24. The van der Waals surface area contributed by atoms with Crippen molar-refractivity contribution in [1.29, 1.82) is 0 Å². The maximum atomic E-state index is 12.2. The molecular weight excluding hydrogens is 416 g/mol. The normalized spacial score (nSPS) is 11.0. The fourth-order valence-electron chi connectivity index (χ4n) is 2.25. The zero-order chi connectivity index (χ0) is 19.3. The molecule has 0 aliphatic carbocycles. The maximum Gasteiger partial charge on any atom is 0.236 e. The molecule has 1 amide bonds. The first kappa shape index (κ1) is 18.8. The van der Waals surface area contributed by atoms with Crippen molar-refractivity contribution in [3.8, 4) is 11.3 Å². The zero-order valence-corrected chi connectivity index (χ0v) is 17.1. The summed E-state index contributed by atoms with van der Waals surface area (Å²) in [7, 11) is 0. The van der Waals surface area contributed by atoms with Gasteiger partial charge in [-0.25, -0.2) is 0 Å². The van der Waals surface area contributed by atoms with Crippen LogP contribution < -0.4 is 5.32 Å². The Morgan fingerprint density at radius 1 is 1.18 bits per heavy atom. The SMILES string of the molecule is CCSc1nnc(NC(=O)CSc2nnc3ccc(-c4cccnc4)nn23)s1. The number of carbonyl (C=O) groups is 1. The van der Waals surface area contributed by atoms with Gasteiger partial charge in [-0.3, -0.25) is 15.1 Å². The van der Waals surface area contributed by atoms with E-state index < -0.39 is 0 Å². The lowest BCUT2D eigenvalue weighted by molar-refractivity contribution is -0.113. The number of pyridine rings is 1. The van der Waals surface area contributed by atoms with Gasteiger partial charge in [-0.1, -0.05) is 41.8 Å². The van der Waals surface area contributed by atoms with E-state index in [9.17, 15) is 4.79 Å². The molecule has 0 saturated carbocycles. The van der Waals surface area contributed by atoms with E-state index >= 15 is 0 Å². The highest BCUT2D eigenvalue weighted by Crippen LogP contribution is 2.25. The van der Waals surface area contributed by atoms with Crippen molar-refractivity contribution in [2.45, 2.75) is 16.4 Å². The summed E-state index contributed by atoms with van der Waals surface area (Å²) >= 11 is 4.20. The number of hydrogen-bond acceptors (Lipinski definition) is 10. The Bertz CT molecular complexity index is 1100. The molecule has 4 rings (SSSR count). The monoisotopic (exact) mass is 430 g/mol. The first-order chi connectivity index (χ1) is 13.7. The van der Waals surface area contributed by atoms with Crippen LogP contribution in [0.25, 0.3) is 16.9 Å². The molecule has 9 nitrogen and oxygen atoms in total. The Morgan fingerprint density at radius 3 is 2.93 bits per heavy atom. The van der Waals surface area contributed by atoms with Gasteiger partial charge < -0.3 is 0 Å². The Balaban J connectivity index is 1.44. The van der Waals surface area contributed by atoms with E-state index in [4.69, 9.17) is 0 Å². The second kappa shape index (κ2) is 8.63. The van der Waals surface area contributed by atoms with Gasteiger partial charge in [-0.15, -0.1) is 20.4 Å². The summed E-state index contributed by atoms with van der Waals surface area (Å²) in [6.07, 6.45) is 3.45. The minimum absolute atomic E-state index is 0.162. The molecule has 0 spiro atoms. The van der Waals surface area contributed by atoms with Gasteiger partial charge in [-0.05, 0) is 30.0 Å². The number of nitrogens with zero attached hydrogens (tertiary/aromatic N) is 7. The van der Waals surface area contributed by atoms with E-state index in [2.05, 4.69) is 35.8 Å². The number of nitrogens with one attached hydrogen (secondary N) is 1. The summed E-state index contributed by atoms with van der Waals surface area (Å²) in [5, 5.41) is 24.6. The predicted molar refractivity (Wildman–Crippen MR) is 110 cm³/mol. The average molecular weight is 431 g/mol. The number of fused-ring (bicyclic) bond motifs is 1. The summed E-state index contributed by atoms with van der Waals surface area (Å²) in [6.45, 7) is 2.04. The van der Waals surface area contributed by atoms with Crippen molar-refractivity contribution in [3.05, 3.63) is 36.7 Å². The van der Waals surface area contributed by atoms with E-state index in [1.165, 1.54) is 23.1 Å². The van der Waals surface area contributed by atoms with E-state index in [1.807, 2.05) is 31.2 Å². The molecular formula is C16H14N8OS3. The smallest absolute Gasteiger partial charge is 0.236 e. The largest absolute Gasteiger partial charge is 0.300 e. The lowest BCUT2D eigenvalue weighted by Gasteiger charge is -2.03. The standard InChI is InChI=1S/C16H14N8OS3/c1-2-26-16-22-20-14(28-16)18-13(25)9-27-15-21-19-12-6-5-11(23-24(12)15)10-4-3-7-17-8-10/h3-8H,2,9H2,1H3,(H,18,20,25). The summed E-state index contributed by atoms with van der Waals surface area (Å²) in [6, 6.07) is 7.48. The molecule has 0 aliphatic rings. The summed E-state index contributed by atoms with van der Waals surface area (Å²) in [5.74, 6) is 0.886. The first-order valence-corrected chi connectivity index (χ1v) is 11.0. The number of carbonyl (C=O) groups excluding carboxylic acids is 1. The minimum Gasteiger partial charge on any atom is -0.300 e. The number of anilines is 1. The third kappa shape index (κ3) is 4.29. The van der Waals surface area contributed by atoms with Crippen molar-refractivity contribution in [3.63, 3.8) is 0 Å². The van der Waals surface area contributed by atoms with E-state index in [0.717, 1.165) is 21.3 Å². The van der Waals surface area contributed by atoms with Crippen LogP contribution in [0.5, 0.6) is 0 Å². The lowest BCUT2D eigenvalue weighted by Crippen LogP contribution is -2.14. The maximum absolute atomic E-state index is 12.2. The number of aromatic nitrogens is 7. The highest BCUT2D eigenvalue weighted by atomic mass is 32.2. The molecule has 0 aliphatic heterocycles. The van der Waals surface area contributed by atoms with Crippen LogP contribution in [0.15, 0.2) is 46.2 Å². The quantitative estimate of drug-likeness (QED) is 0.349. The van der Waals surface area contributed by atoms with Crippen molar-refractivity contribution in [1.82, 2.24) is 35.0 Å². The summed E-state index contributed by atoms with van der Waals surface area (Å²) < 4.78 is 2.46. The fraction of sp³-hybridized carbons (Fsp3) is 0.188. The Hall–Kier alpha value is -2.57. The number of hydrogen-bond donors (Lipinski definition) is 1. The van der Waals surface area contributed by atoms with Crippen LogP contribution in [-0.2, 0) is 4.79 Å². The van der Waals surface area contributed by atoms with Crippen LogP contribution in [0.4, 0.5) is 5.13 Å². The fourth-order valence-corrected chi connectivity index (χ4v) is 4.61. The van der Waals surface area contributed by atoms with Crippen molar-refractivity contribution in [2.24, 2.45) is 0 Å². The third-order valence-electron chi connectivity index (χ3n) is 3.44. The van der Waals surface area contributed by atoms with Gasteiger partial charge in [-0.2, -0.15) is 9.61 Å². The second-order valence-corrected chi connectivity index (χ2v) is 8.79. The van der Waals surface area contributed by atoms with Gasteiger partial charge in [0.15, 0.2) is 9.99 Å². The molecule has 12 heteroatoms. The van der Waals surface area contributed by atoms with Gasteiger partial charge >= 0.3 is 0 Å². The Morgan fingerprint density at radius 2 is 2.11 bits per heavy atom. The zero-order valence-electron chi connectivity index (χ0n) is 14.6. The van der Waals surface area contributed by atoms with Crippen LogP contribution in [0.2, 0.25) is 0 Å². The van der Waals surface area contributed by atoms with E-state index in [-0.39, 0.29) is 11.7 Å². The van der Waals surface area contributed by atoms with E-state index in [0.29, 0.717) is 15.9 Å². The van der Waals surface area contributed by atoms with Crippen LogP contribution >= 0.6 is 34.9 Å². The van der Waals surface area contributed by atoms with Crippen LogP contribution in [0.1, 0.15) is 6.92 Å². The molecule has 0 aromatic carbocycles. The van der Waals surface area contributed by atoms with Gasteiger partial charge in [0.25, 0.3) is 0 Å². The minimum atomic E-state index is -0.186. The number of thioether (sulfide) groups is 2. The third-order valence-corrected chi connectivity index (χ3v) is 6.22. The second-order valence-electron chi connectivity index (χ2n) is 5.36. The lowest BCUT2D eigenvalue weighted by atomic mass is 10.2. The van der Waals surface area contributed by atoms with E-state index in [1.54, 1.807) is 28.7 Å². The molecule has 1 N–H and O–H groups in total. The molecule has 4 heterocycles. The molecule has 0 radical (unpaired) electrons. The van der Waals surface area contributed by atoms with Gasteiger partial charge in [0.05, 0.1) is 11.4 Å². The molecule has 4 aromatic rings. The highest BCUT2D eigenvalue weighted by molar-refractivity contribution is 8.01. The predicted octanol–water partition coefficient (Wildman–Crippen LogP) is 2.88. The molecule has 0 fully saturated rings. The Kier molecular flexibility index (Phi) is 5.78. The molecule has 0 unspecified atom stereocenters. The molecule has 28 heavy (non-hydrogen) atoms. The average Bonchev–Trinajstić information content (AvgIpc) is 3.33. The molecule has 0 atom stereocenters. The number of rotatable bonds is 7. The Labute approximate surface area is 172 Å². The van der Waals surface area contributed by atoms with Crippen molar-refractivity contribution in [2.75, 3.05) is 16.8 Å². The topological polar surface area (TPSA) is 111 Å². The molecule has 0 saturated heterocycles. The van der Waals surface area contributed by atoms with Crippen LogP contribution in [0.3, 0.4) is 0 Å². The highest BCUT2D eigenvalue weighted by Gasteiger charge is 2.13. The molecule has 142 valence electrons. The summed E-state index contributed by atoms with van der Waals surface area (Å²) in [4.78, 5) is 16.3. The van der Waals surface area contributed by atoms with Crippen molar-refractivity contribution < 1.29 is 4.79 Å². The van der Waals surface area contributed by atoms with Crippen LogP contribution in [0, 0.1) is 0 Å². The molecule has 0 bridgehead atoms. The van der Waals surface area contributed by atoms with Crippen molar-refractivity contribution >= 4 is 51.5 Å².